The molecule has 2 aromatic rings. The minimum absolute atomic E-state index is 0. The van der Waals surface area contributed by atoms with Gasteiger partial charge >= 0.3 is 0 Å². The van der Waals surface area contributed by atoms with Crippen LogP contribution in [0, 0.1) is 0 Å². The molecule has 1 unspecified atom stereocenters. The van der Waals surface area contributed by atoms with Gasteiger partial charge < -0.3 is 24.2 Å². The van der Waals surface area contributed by atoms with E-state index >= 15 is 0 Å². The summed E-state index contributed by atoms with van der Waals surface area (Å²) < 4.78 is 17.0. The quantitative estimate of drug-likeness (QED) is 0.324. The second-order valence-corrected chi connectivity index (χ2v) is 7.61. The molecule has 2 saturated heterocycles. The molecule has 4 rings (SSSR count). The number of hydrogen-bond acceptors (Lipinski definition) is 7. The number of halogens is 1. The first-order chi connectivity index (χ1) is 14.8. The zero-order valence-electron chi connectivity index (χ0n) is 17.9. The van der Waals surface area contributed by atoms with Crippen LogP contribution < -0.4 is 5.32 Å². The largest absolute Gasteiger partial charge is 0.376 e. The fourth-order valence-corrected chi connectivity index (χ4v) is 3.82. The molecule has 1 atom stereocenters. The van der Waals surface area contributed by atoms with E-state index in [1.54, 1.807) is 6.20 Å². The van der Waals surface area contributed by atoms with Crippen LogP contribution in [0.5, 0.6) is 0 Å². The SMILES string of the molecule is CN=C(NCCc1noc(-c2ccccn2)n1)N1CCC(OCC2CCCO2)CC1.I. The molecule has 2 aliphatic heterocycles. The number of nitrogens with zero attached hydrogens (tertiary/aromatic N) is 5. The summed E-state index contributed by atoms with van der Waals surface area (Å²) in [4.78, 5) is 15.4. The van der Waals surface area contributed by atoms with Gasteiger partial charge in [0.25, 0.3) is 5.89 Å². The van der Waals surface area contributed by atoms with E-state index in [0.717, 1.165) is 57.9 Å². The van der Waals surface area contributed by atoms with Gasteiger partial charge in [0.1, 0.15) is 5.69 Å². The molecular weight excluding hydrogens is 511 g/mol. The smallest absolute Gasteiger partial charge is 0.276 e. The van der Waals surface area contributed by atoms with Gasteiger partial charge in [0.05, 0.1) is 18.8 Å². The van der Waals surface area contributed by atoms with Crippen molar-refractivity contribution in [3.63, 3.8) is 0 Å². The van der Waals surface area contributed by atoms with Crippen molar-refractivity contribution < 1.29 is 14.0 Å². The van der Waals surface area contributed by atoms with Crippen LogP contribution in [0.4, 0.5) is 0 Å². The van der Waals surface area contributed by atoms with E-state index in [4.69, 9.17) is 14.0 Å². The first-order valence-corrected chi connectivity index (χ1v) is 10.7. The molecule has 4 heterocycles. The Bertz CT molecular complexity index is 804. The van der Waals surface area contributed by atoms with Gasteiger partial charge in [0.15, 0.2) is 11.8 Å². The van der Waals surface area contributed by atoms with Crippen molar-refractivity contribution in [2.75, 3.05) is 39.9 Å². The highest BCUT2D eigenvalue weighted by Gasteiger charge is 2.24. The van der Waals surface area contributed by atoms with Crippen molar-refractivity contribution in [2.45, 2.75) is 44.3 Å². The van der Waals surface area contributed by atoms with Crippen LogP contribution in [0.3, 0.4) is 0 Å². The van der Waals surface area contributed by atoms with E-state index in [9.17, 15) is 0 Å². The predicted octanol–water partition coefficient (Wildman–Crippen LogP) is 2.53. The Hall–Kier alpha value is -1.79. The van der Waals surface area contributed by atoms with Crippen molar-refractivity contribution in [1.82, 2.24) is 25.3 Å². The summed E-state index contributed by atoms with van der Waals surface area (Å²) in [7, 11) is 1.82. The Morgan fingerprint density at radius 2 is 2.16 bits per heavy atom. The zero-order valence-corrected chi connectivity index (χ0v) is 20.2. The molecule has 0 bridgehead atoms. The Labute approximate surface area is 200 Å². The van der Waals surface area contributed by atoms with Gasteiger partial charge in [-0.1, -0.05) is 11.2 Å². The highest BCUT2D eigenvalue weighted by molar-refractivity contribution is 14.0. The van der Waals surface area contributed by atoms with Crippen LogP contribution in [0.25, 0.3) is 11.6 Å². The number of aliphatic imine (C=N–C) groups is 1. The molecule has 2 aromatic heterocycles. The van der Waals surface area contributed by atoms with Crippen LogP contribution >= 0.6 is 24.0 Å². The molecule has 0 aromatic carbocycles. The average Bonchev–Trinajstić information content (AvgIpc) is 3.49. The van der Waals surface area contributed by atoms with Crippen molar-refractivity contribution in [1.29, 1.82) is 0 Å². The molecule has 0 spiro atoms. The van der Waals surface area contributed by atoms with E-state index in [1.165, 1.54) is 0 Å². The molecule has 0 aliphatic carbocycles. The van der Waals surface area contributed by atoms with Gasteiger partial charge in [0.2, 0.25) is 0 Å². The van der Waals surface area contributed by atoms with E-state index in [1.807, 2.05) is 25.2 Å². The molecule has 0 saturated carbocycles. The lowest BCUT2D eigenvalue weighted by atomic mass is 10.1. The standard InChI is InChI=1S/C21H30N6O3.HI/c1-22-21(27-12-8-16(9-13-27)29-15-17-5-4-14-28-17)24-11-7-19-25-20(30-26-19)18-6-2-3-10-23-18;/h2-3,6,10,16-17H,4-5,7-9,11-15H2,1H3,(H,22,24);1H. The van der Waals surface area contributed by atoms with Gasteiger partial charge in [0, 0.05) is 45.9 Å². The number of aromatic nitrogens is 3. The topological polar surface area (TPSA) is 97.9 Å². The fraction of sp³-hybridized carbons (Fsp3) is 0.619. The van der Waals surface area contributed by atoms with Gasteiger partial charge in [-0.15, -0.1) is 24.0 Å². The number of ether oxygens (including phenoxy) is 2. The first kappa shape index (κ1) is 23.9. The third-order valence-corrected chi connectivity index (χ3v) is 5.48. The summed E-state index contributed by atoms with van der Waals surface area (Å²) in [6, 6.07) is 5.61. The highest BCUT2D eigenvalue weighted by atomic mass is 127. The van der Waals surface area contributed by atoms with Crippen molar-refractivity contribution >= 4 is 29.9 Å². The van der Waals surface area contributed by atoms with Crippen LogP contribution in [0.1, 0.15) is 31.5 Å². The van der Waals surface area contributed by atoms with Crippen molar-refractivity contribution in [2.24, 2.45) is 4.99 Å². The summed E-state index contributed by atoms with van der Waals surface area (Å²) in [5, 5.41) is 7.45. The summed E-state index contributed by atoms with van der Waals surface area (Å²) in [6.07, 6.45) is 7.26. The monoisotopic (exact) mass is 542 g/mol. The summed E-state index contributed by atoms with van der Waals surface area (Å²) in [6.45, 7) is 4.15. The number of pyridine rings is 1. The van der Waals surface area contributed by atoms with Gasteiger partial charge in [-0.25, -0.2) is 0 Å². The molecule has 31 heavy (non-hydrogen) atoms. The molecule has 1 N–H and O–H groups in total. The molecule has 0 amide bonds. The molecule has 9 nitrogen and oxygen atoms in total. The second kappa shape index (κ2) is 12.3. The molecule has 2 fully saturated rings. The molecule has 170 valence electrons. The lowest BCUT2D eigenvalue weighted by Gasteiger charge is -2.34. The van der Waals surface area contributed by atoms with Crippen molar-refractivity contribution in [3.05, 3.63) is 30.2 Å². The second-order valence-electron chi connectivity index (χ2n) is 7.61. The van der Waals surface area contributed by atoms with Gasteiger partial charge in [-0.05, 0) is 37.8 Å². The fourth-order valence-electron chi connectivity index (χ4n) is 3.82. The summed E-state index contributed by atoms with van der Waals surface area (Å²) >= 11 is 0. The van der Waals surface area contributed by atoms with Crippen LogP contribution in [0.15, 0.2) is 33.9 Å². The average molecular weight is 542 g/mol. The number of rotatable bonds is 7. The maximum absolute atomic E-state index is 6.06. The minimum Gasteiger partial charge on any atom is -0.376 e. The minimum atomic E-state index is 0. The van der Waals surface area contributed by atoms with Gasteiger partial charge in [-0.3, -0.25) is 9.98 Å². The highest BCUT2D eigenvalue weighted by Crippen LogP contribution is 2.18. The van der Waals surface area contributed by atoms with Crippen LogP contribution in [0.2, 0.25) is 0 Å². The molecule has 0 radical (unpaired) electrons. The zero-order chi connectivity index (χ0) is 20.6. The Balaban J connectivity index is 0.00000272. The van der Waals surface area contributed by atoms with Crippen LogP contribution in [-0.2, 0) is 15.9 Å². The lowest BCUT2D eigenvalue weighted by molar-refractivity contribution is -0.0367. The maximum atomic E-state index is 6.06. The lowest BCUT2D eigenvalue weighted by Crippen LogP contribution is -2.47. The van der Waals surface area contributed by atoms with E-state index < -0.39 is 0 Å². The normalized spacial score (nSPS) is 20.0. The van der Waals surface area contributed by atoms with Crippen molar-refractivity contribution in [3.8, 4) is 11.6 Å². The van der Waals surface area contributed by atoms with Gasteiger partial charge in [-0.2, -0.15) is 4.98 Å². The van der Waals surface area contributed by atoms with Crippen LogP contribution in [-0.4, -0.2) is 78.1 Å². The number of piperidine rings is 1. The Morgan fingerprint density at radius 1 is 1.29 bits per heavy atom. The van der Waals surface area contributed by atoms with E-state index in [0.29, 0.717) is 42.6 Å². The summed E-state index contributed by atoms with van der Waals surface area (Å²) in [5.74, 6) is 2.00. The van der Waals surface area contributed by atoms with E-state index in [2.05, 4.69) is 30.3 Å². The first-order valence-electron chi connectivity index (χ1n) is 10.7. The number of likely N-dealkylation sites (tertiary alicyclic amines) is 1. The molecule has 2 aliphatic rings. The summed E-state index contributed by atoms with van der Waals surface area (Å²) in [5.41, 5.74) is 0.685. The molecule has 10 heteroatoms. The Morgan fingerprint density at radius 3 is 2.87 bits per heavy atom. The number of guanidine groups is 1. The maximum Gasteiger partial charge on any atom is 0.276 e. The third-order valence-electron chi connectivity index (χ3n) is 5.48. The number of nitrogens with one attached hydrogen (secondary N) is 1. The molecular formula is C21H31IN6O3. The third kappa shape index (κ3) is 6.84. The predicted molar refractivity (Wildman–Crippen MR) is 128 cm³/mol. The Kier molecular flexibility index (Phi) is 9.47. The number of hydrogen-bond donors (Lipinski definition) is 1. The van der Waals surface area contributed by atoms with E-state index in [-0.39, 0.29) is 24.0 Å².